The Kier molecular flexibility index (Phi) is 3.79. The molecule has 0 saturated carbocycles. The fourth-order valence-corrected chi connectivity index (χ4v) is 2.18. The standard InChI is InChI=1S/C14H17FO2/c1-17-12-6-7-14(15)13(8-12)11-4-2-10(9-16)3-5-11/h4,6-8,10,16H,2-3,5,9H2,1H3. The van der Waals surface area contributed by atoms with Gasteiger partial charge in [0.2, 0.25) is 0 Å². The van der Waals surface area contributed by atoms with Crippen LogP contribution in [0.3, 0.4) is 0 Å². The van der Waals surface area contributed by atoms with Crippen LogP contribution in [0.15, 0.2) is 24.3 Å². The second-order valence-electron chi connectivity index (χ2n) is 4.40. The lowest BCUT2D eigenvalue weighted by atomic mass is 9.87. The molecule has 1 unspecified atom stereocenters. The van der Waals surface area contributed by atoms with Crippen molar-refractivity contribution in [3.63, 3.8) is 0 Å². The summed E-state index contributed by atoms with van der Waals surface area (Å²) in [5, 5.41) is 9.06. The quantitative estimate of drug-likeness (QED) is 0.874. The zero-order chi connectivity index (χ0) is 12.3. The maximum absolute atomic E-state index is 13.7. The zero-order valence-electron chi connectivity index (χ0n) is 9.95. The van der Waals surface area contributed by atoms with Crippen LogP contribution in [-0.4, -0.2) is 18.8 Å². The third kappa shape index (κ3) is 2.67. The number of hydrogen-bond acceptors (Lipinski definition) is 2. The Labute approximate surface area is 101 Å². The zero-order valence-corrected chi connectivity index (χ0v) is 9.95. The molecule has 0 fully saturated rings. The molecule has 1 aromatic carbocycles. The van der Waals surface area contributed by atoms with Crippen LogP contribution < -0.4 is 4.74 Å². The van der Waals surface area contributed by atoms with Gasteiger partial charge in [0.1, 0.15) is 11.6 Å². The lowest BCUT2D eigenvalue weighted by Gasteiger charge is -2.20. The minimum Gasteiger partial charge on any atom is -0.497 e. The molecule has 1 aliphatic carbocycles. The summed E-state index contributed by atoms with van der Waals surface area (Å²) in [6.07, 6.45) is 4.58. The largest absolute Gasteiger partial charge is 0.497 e. The summed E-state index contributed by atoms with van der Waals surface area (Å²) in [7, 11) is 1.58. The minimum absolute atomic E-state index is 0.209. The Balaban J connectivity index is 2.25. The number of rotatable bonds is 3. The van der Waals surface area contributed by atoms with E-state index >= 15 is 0 Å². The number of hydrogen-bond donors (Lipinski definition) is 1. The predicted molar refractivity (Wildman–Crippen MR) is 65.4 cm³/mol. The van der Waals surface area contributed by atoms with E-state index in [1.54, 1.807) is 19.2 Å². The molecule has 1 aliphatic rings. The van der Waals surface area contributed by atoms with E-state index in [1.165, 1.54) is 6.07 Å². The van der Waals surface area contributed by atoms with Gasteiger partial charge >= 0.3 is 0 Å². The molecule has 0 radical (unpaired) electrons. The summed E-state index contributed by atoms with van der Waals surface area (Å²) >= 11 is 0. The summed E-state index contributed by atoms with van der Waals surface area (Å²) in [6, 6.07) is 4.80. The second kappa shape index (κ2) is 5.32. The van der Waals surface area contributed by atoms with Crippen molar-refractivity contribution in [2.75, 3.05) is 13.7 Å². The fourth-order valence-electron chi connectivity index (χ4n) is 2.18. The minimum atomic E-state index is -0.209. The Bertz CT molecular complexity index is 426. The number of aliphatic hydroxyl groups is 1. The maximum Gasteiger partial charge on any atom is 0.130 e. The molecule has 3 heteroatoms. The van der Waals surface area contributed by atoms with E-state index in [4.69, 9.17) is 9.84 Å². The molecule has 1 aromatic rings. The fraction of sp³-hybridized carbons (Fsp3) is 0.429. The van der Waals surface area contributed by atoms with Crippen LogP contribution in [0.1, 0.15) is 24.8 Å². The summed E-state index contributed by atoms with van der Waals surface area (Å²) in [6.45, 7) is 0.213. The molecule has 0 aliphatic heterocycles. The predicted octanol–water partition coefficient (Wildman–Crippen LogP) is 3.01. The Morgan fingerprint density at radius 3 is 2.88 bits per heavy atom. The van der Waals surface area contributed by atoms with E-state index in [-0.39, 0.29) is 12.4 Å². The molecule has 0 aromatic heterocycles. The van der Waals surface area contributed by atoms with Crippen molar-refractivity contribution in [2.24, 2.45) is 5.92 Å². The van der Waals surface area contributed by atoms with Gasteiger partial charge < -0.3 is 9.84 Å². The van der Waals surface area contributed by atoms with Gasteiger partial charge in [-0.2, -0.15) is 0 Å². The van der Waals surface area contributed by atoms with Gasteiger partial charge in [-0.3, -0.25) is 0 Å². The van der Waals surface area contributed by atoms with Crippen LogP contribution in [0.4, 0.5) is 4.39 Å². The van der Waals surface area contributed by atoms with Crippen LogP contribution in [0, 0.1) is 11.7 Å². The van der Waals surface area contributed by atoms with E-state index in [2.05, 4.69) is 0 Å². The highest BCUT2D eigenvalue weighted by molar-refractivity contribution is 5.67. The molecule has 0 saturated heterocycles. The van der Waals surface area contributed by atoms with Gasteiger partial charge in [-0.05, 0) is 49.0 Å². The molecule has 0 bridgehead atoms. The highest BCUT2D eigenvalue weighted by atomic mass is 19.1. The maximum atomic E-state index is 13.7. The number of ether oxygens (including phenoxy) is 1. The highest BCUT2D eigenvalue weighted by Gasteiger charge is 2.17. The van der Waals surface area contributed by atoms with E-state index < -0.39 is 0 Å². The molecule has 1 N–H and O–H groups in total. The topological polar surface area (TPSA) is 29.5 Å². The van der Waals surface area contributed by atoms with Gasteiger partial charge in [0.15, 0.2) is 0 Å². The molecule has 2 nitrogen and oxygen atoms in total. The van der Waals surface area contributed by atoms with E-state index in [9.17, 15) is 4.39 Å². The third-order valence-corrected chi connectivity index (χ3v) is 3.30. The van der Waals surface area contributed by atoms with Crippen LogP contribution in [0.2, 0.25) is 0 Å². The van der Waals surface area contributed by atoms with Gasteiger partial charge in [-0.1, -0.05) is 6.08 Å². The molecular weight excluding hydrogens is 219 g/mol. The number of methoxy groups -OCH3 is 1. The Hall–Kier alpha value is -1.35. The molecule has 0 amide bonds. The molecule has 92 valence electrons. The van der Waals surface area contributed by atoms with Gasteiger partial charge in [-0.15, -0.1) is 0 Å². The number of aliphatic hydroxyl groups excluding tert-OH is 1. The normalized spacial score (nSPS) is 19.9. The first-order chi connectivity index (χ1) is 8.24. The van der Waals surface area contributed by atoms with Crippen LogP contribution >= 0.6 is 0 Å². The molecule has 17 heavy (non-hydrogen) atoms. The summed E-state index contributed by atoms with van der Waals surface area (Å²) in [4.78, 5) is 0. The smallest absolute Gasteiger partial charge is 0.130 e. The van der Waals surface area contributed by atoms with E-state index in [0.717, 1.165) is 24.8 Å². The van der Waals surface area contributed by atoms with Crippen LogP contribution in [0.5, 0.6) is 5.75 Å². The third-order valence-electron chi connectivity index (χ3n) is 3.30. The molecular formula is C14H17FO2. The average molecular weight is 236 g/mol. The lowest BCUT2D eigenvalue weighted by molar-refractivity contribution is 0.218. The summed E-state index contributed by atoms with van der Waals surface area (Å²) < 4.78 is 18.8. The SMILES string of the molecule is COc1ccc(F)c(C2=CCC(CO)CC2)c1. The number of halogens is 1. The molecule has 0 heterocycles. The van der Waals surface area contributed by atoms with Crippen molar-refractivity contribution in [1.29, 1.82) is 0 Å². The van der Waals surface area contributed by atoms with Crippen molar-refractivity contribution in [3.8, 4) is 5.75 Å². The lowest BCUT2D eigenvalue weighted by Crippen LogP contribution is -2.09. The van der Waals surface area contributed by atoms with Gasteiger partial charge in [-0.25, -0.2) is 4.39 Å². The van der Waals surface area contributed by atoms with E-state index in [0.29, 0.717) is 17.2 Å². The van der Waals surface area contributed by atoms with E-state index in [1.807, 2.05) is 6.08 Å². The van der Waals surface area contributed by atoms with Gasteiger partial charge in [0, 0.05) is 12.2 Å². The Morgan fingerprint density at radius 2 is 2.29 bits per heavy atom. The van der Waals surface area contributed by atoms with Crippen LogP contribution in [0.25, 0.3) is 5.57 Å². The van der Waals surface area contributed by atoms with Crippen molar-refractivity contribution >= 4 is 5.57 Å². The van der Waals surface area contributed by atoms with Gasteiger partial charge in [0.05, 0.1) is 7.11 Å². The number of allylic oxidation sites excluding steroid dienone is 2. The van der Waals surface area contributed by atoms with Crippen molar-refractivity contribution in [2.45, 2.75) is 19.3 Å². The Morgan fingerprint density at radius 1 is 1.47 bits per heavy atom. The number of benzene rings is 1. The van der Waals surface area contributed by atoms with Crippen LogP contribution in [-0.2, 0) is 0 Å². The first kappa shape index (κ1) is 12.1. The average Bonchev–Trinajstić information content (AvgIpc) is 2.39. The van der Waals surface area contributed by atoms with Crippen molar-refractivity contribution in [1.82, 2.24) is 0 Å². The van der Waals surface area contributed by atoms with Crippen molar-refractivity contribution < 1.29 is 14.2 Å². The first-order valence-corrected chi connectivity index (χ1v) is 5.88. The summed E-state index contributed by atoms with van der Waals surface area (Å²) in [5.74, 6) is 0.790. The monoisotopic (exact) mass is 236 g/mol. The summed E-state index contributed by atoms with van der Waals surface area (Å²) in [5.41, 5.74) is 1.65. The van der Waals surface area contributed by atoms with Crippen molar-refractivity contribution in [3.05, 3.63) is 35.7 Å². The molecule has 1 atom stereocenters. The highest BCUT2D eigenvalue weighted by Crippen LogP contribution is 2.32. The van der Waals surface area contributed by atoms with Gasteiger partial charge in [0.25, 0.3) is 0 Å². The second-order valence-corrected chi connectivity index (χ2v) is 4.40. The first-order valence-electron chi connectivity index (χ1n) is 5.88. The molecule has 0 spiro atoms. The molecule has 2 rings (SSSR count).